The number of amides is 1. The number of carbonyl (C=O) groups is 2. The van der Waals surface area contributed by atoms with E-state index in [4.69, 9.17) is 4.74 Å². The molecule has 73 heavy (non-hydrogen) atoms. The number of aliphatic hydroxyl groups is 2. The van der Waals surface area contributed by atoms with Crippen LogP contribution in [0.3, 0.4) is 0 Å². The van der Waals surface area contributed by atoms with Crippen LogP contribution in [-0.4, -0.2) is 47.4 Å². The second-order valence-electron chi connectivity index (χ2n) is 22.5. The van der Waals surface area contributed by atoms with Crippen LogP contribution in [0.25, 0.3) is 0 Å². The number of rotatable bonds is 61. The molecule has 0 aromatic carbocycles. The second kappa shape index (κ2) is 62.6. The van der Waals surface area contributed by atoms with E-state index in [9.17, 15) is 19.8 Å². The zero-order valence-corrected chi connectivity index (χ0v) is 49.1. The Bertz CT molecular complexity index is 1180. The third-order valence-corrected chi connectivity index (χ3v) is 15.2. The van der Waals surface area contributed by atoms with E-state index in [2.05, 4.69) is 43.5 Å². The molecule has 0 aliphatic carbocycles. The second-order valence-corrected chi connectivity index (χ2v) is 22.5. The van der Waals surface area contributed by atoms with Crippen LogP contribution in [0.1, 0.15) is 354 Å². The van der Waals surface area contributed by atoms with Crippen molar-refractivity contribution in [1.29, 1.82) is 0 Å². The summed E-state index contributed by atoms with van der Waals surface area (Å²) >= 11 is 0. The molecule has 0 rings (SSSR count). The van der Waals surface area contributed by atoms with Crippen LogP contribution in [0.2, 0.25) is 0 Å². The zero-order chi connectivity index (χ0) is 52.9. The van der Waals surface area contributed by atoms with Crippen molar-refractivity contribution in [3.63, 3.8) is 0 Å². The molecule has 0 fully saturated rings. The van der Waals surface area contributed by atoms with E-state index >= 15 is 0 Å². The Hall–Kier alpha value is -1.92. The lowest BCUT2D eigenvalue weighted by Gasteiger charge is -2.20. The highest BCUT2D eigenvalue weighted by Crippen LogP contribution is 2.17. The molecule has 6 nitrogen and oxygen atoms in total. The maximum Gasteiger partial charge on any atom is 0.305 e. The lowest BCUT2D eigenvalue weighted by atomic mass is 10.0. The van der Waals surface area contributed by atoms with Crippen LogP contribution < -0.4 is 5.32 Å². The molecule has 1 amide bonds. The summed E-state index contributed by atoms with van der Waals surface area (Å²) in [4.78, 5) is 24.5. The number of hydrogen-bond donors (Lipinski definition) is 3. The Morgan fingerprint density at radius 2 is 0.685 bits per heavy atom. The fraction of sp³-hybridized carbons (Fsp3) is 0.881. The number of hydrogen-bond acceptors (Lipinski definition) is 5. The van der Waals surface area contributed by atoms with E-state index in [1.807, 2.05) is 6.08 Å². The number of nitrogens with one attached hydrogen (secondary N) is 1. The van der Waals surface area contributed by atoms with E-state index in [1.54, 1.807) is 6.08 Å². The van der Waals surface area contributed by atoms with Crippen molar-refractivity contribution in [2.45, 2.75) is 366 Å². The highest BCUT2D eigenvalue weighted by Gasteiger charge is 2.18. The molecule has 0 aliphatic heterocycles. The first-order chi connectivity index (χ1) is 36.0. The molecule has 2 atom stereocenters. The number of ether oxygens (including phenoxy) is 1. The Labute approximate surface area is 455 Å². The summed E-state index contributed by atoms with van der Waals surface area (Å²) in [7, 11) is 0. The van der Waals surface area contributed by atoms with Gasteiger partial charge in [-0.2, -0.15) is 0 Å². The molecule has 0 radical (unpaired) electrons. The van der Waals surface area contributed by atoms with Crippen LogP contribution in [-0.2, 0) is 14.3 Å². The summed E-state index contributed by atoms with van der Waals surface area (Å²) < 4.78 is 5.48. The minimum Gasteiger partial charge on any atom is -0.466 e. The zero-order valence-electron chi connectivity index (χ0n) is 49.1. The molecule has 0 saturated heterocycles. The molecule has 3 N–H and O–H groups in total. The molecule has 0 saturated carbocycles. The Morgan fingerprint density at radius 1 is 0.384 bits per heavy atom. The van der Waals surface area contributed by atoms with Crippen LogP contribution in [0.4, 0.5) is 0 Å². The smallest absolute Gasteiger partial charge is 0.305 e. The van der Waals surface area contributed by atoms with Crippen molar-refractivity contribution in [3.05, 3.63) is 36.5 Å². The summed E-state index contributed by atoms with van der Waals surface area (Å²) in [5, 5.41) is 23.2. The largest absolute Gasteiger partial charge is 0.466 e. The summed E-state index contributed by atoms with van der Waals surface area (Å²) in [5.41, 5.74) is 0. The van der Waals surface area contributed by atoms with Gasteiger partial charge in [0.1, 0.15) is 0 Å². The van der Waals surface area contributed by atoms with Gasteiger partial charge in [-0.25, -0.2) is 0 Å². The molecular weight excluding hydrogens is 899 g/mol. The van der Waals surface area contributed by atoms with Gasteiger partial charge in [-0.15, -0.1) is 0 Å². The Kier molecular flexibility index (Phi) is 61.0. The van der Waals surface area contributed by atoms with Crippen molar-refractivity contribution in [2.75, 3.05) is 13.2 Å². The maximum atomic E-state index is 12.5. The van der Waals surface area contributed by atoms with Gasteiger partial charge in [0, 0.05) is 12.8 Å². The highest BCUT2D eigenvalue weighted by molar-refractivity contribution is 5.76. The molecule has 6 heteroatoms. The van der Waals surface area contributed by atoms with Crippen molar-refractivity contribution in [3.8, 4) is 0 Å². The molecule has 0 aromatic rings. The van der Waals surface area contributed by atoms with Crippen LogP contribution in [0, 0.1) is 0 Å². The molecule has 430 valence electrons. The molecule has 0 bridgehead atoms. The Balaban J connectivity index is 3.44. The molecule has 2 unspecified atom stereocenters. The lowest BCUT2D eigenvalue weighted by Crippen LogP contribution is -2.45. The average Bonchev–Trinajstić information content (AvgIpc) is 3.39. The average molecular weight is 1030 g/mol. The van der Waals surface area contributed by atoms with Gasteiger partial charge in [-0.1, -0.05) is 314 Å². The van der Waals surface area contributed by atoms with E-state index in [-0.39, 0.29) is 18.5 Å². The number of aliphatic hydroxyl groups excluding tert-OH is 2. The molecule has 0 aromatic heterocycles. The van der Waals surface area contributed by atoms with Gasteiger partial charge < -0.3 is 20.3 Å². The summed E-state index contributed by atoms with van der Waals surface area (Å²) in [6.45, 7) is 4.92. The van der Waals surface area contributed by atoms with Gasteiger partial charge in [0.2, 0.25) is 5.91 Å². The van der Waals surface area contributed by atoms with Gasteiger partial charge in [0.05, 0.1) is 25.4 Å². The number of allylic oxidation sites excluding steroid dienone is 5. The van der Waals surface area contributed by atoms with Gasteiger partial charge in [0.15, 0.2) is 0 Å². The van der Waals surface area contributed by atoms with E-state index in [1.165, 1.54) is 283 Å². The normalized spacial score (nSPS) is 12.8. The molecular formula is C67H127NO5. The van der Waals surface area contributed by atoms with Crippen molar-refractivity contribution < 1.29 is 24.5 Å². The minimum atomic E-state index is -0.847. The predicted molar refractivity (Wildman–Crippen MR) is 319 cm³/mol. The summed E-state index contributed by atoms with van der Waals surface area (Å²) in [6.07, 6.45) is 79.1. The number of esters is 1. The molecule has 0 heterocycles. The first-order valence-corrected chi connectivity index (χ1v) is 32.8. The van der Waals surface area contributed by atoms with Gasteiger partial charge >= 0.3 is 5.97 Å². The Morgan fingerprint density at radius 3 is 1.04 bits per heavy atom. The minimum absolute atomic E-state index is 0.0119. The molecule has 0 aliphatic rings. The van der Waals surface area contributed by atoms with Gasteiger partial charge in [0.25, 0.3) is 0 Å². The van der Waals surface area contributed by atoms with Crippen LogP contribution in [0.5, 0.6) is 0 Å². The fourth-order valence-electron chi connectivity index (χ4n) is 10.1. The van der Waals surface area contributed by atoms with Crippen molar-refractivity contribution in [2.24, 2.45) is 0 Å². The third-order valence-electron chi connectivity index (χ3n) is 15.2. The monoisotopic (exact) mass is 1030 g/mol. The van der Waals surface area contributed by atoms with E-state index in [0.717, 1.165) is 44.9 Å². The summed E-state index contributed by atoms with van der Waals surface area (Å²) in [6, 6.07) is -0.630. The lowest BCUT2D eigenvalue weighted by molar-refractivity contribution is -0.143. The van der Waals surface area contributed by atoms with Crippen molar-refractivity contribution >= 4 is 11.9 Å². The first-order valence-electron chi connectivity index (χ1n) is 32.8. The SMILES string of the molecule is CCCCCCCCCCCCCCCC/C=C/C(O)C(CO)NC(=O)CCCCCCCCCCCCC/C=C\C/C=C\CCCCCCCCCCCOC(=O)CCCCCCCCCCCCCCC. The van der Waals surface area contributed by atoms with Gasteiger partial charge in [-0.3, -0.25) is 9.59 Å². The highest BCUT2D eigenvalue weighted by atomic mass is 16.5. The van der Waals surface area contributed by atoms with E-state index in [0.29, 0.717) is 19.4 Å². The standard InChI is InChI=1S/C67H127NO5/c1-3-5-7-9-11-13-15-17-18-32-36-39-43-47-51-55-59-65(70)64(63-69)68-66(71)60-56-52-48-44-40-37-33-30-28-26-24-22-20-19-21-23-25-27-29-31-34-38-42-46-50-54-58-62-73-67(72)61-57-53-49-45-41-35-16-14-12-10-8-6-4-2/h19-20,23,25,55,59,64-65,69-70H,3-18,21-22,24,26-54,56-58,60-63H2,1-2H3,(H,68,71)/b20-19-,25-23-,59-55+. The first kappa shape index (κ1) is 71.1. The quantitative estimate of drug-likeness (QED) is 0.0320. The van der Waals surface area contributed by atoms with Crippen LogP contribution in [0.15, 0.2) is 36.5 Å². The number of carbonyl (C=O) groups excluding carboxylic acids is 2. The van der Waals surface area contributed by atoms with Crippen LogP contribution >= 0.6 is 0 Å². The predicted octanol–water partition coefficient (Wildman–Crippen LogP) is 20.8. The maximum absolute atomic E-state index is 12.5. The van der Waals surface area contributed by atoms with Gasteiger partial charge in [-0.05, 0) is 64.2 Å². The number of unbranched alkanes of at least 4 members (excludes halogenated alkanes) is 46. The summed E-state index contributed by atoms with van der Waals surface area (Å²) in [5.74, 6) is -0.0574. The third kappa shape index (κ3) is 59.2. The molecule has 0 spiro atoms. The van der Waals surface area contributed by atoms with Crippen molar-refractivity contribution in [1.82, 2.24) is 5.32 Å². The topological polar surface area (TPSA) is 95.9 Å². The van der Waals surface area contributed by atoms with E-state index < -0.39 is 12.1 Å². The fourth-order valence-corrected chi connectivity index (χ4v) is 10.1.